The van der Waals surface area contributed by atoms with Crippen molar-refractivity contribution in [3.8, 4) is 0 Å². The molecule has 2 atom stereocenters. The van der Waals surface area contributed by atoms with Crippen molar-refractivity contribution in [2.24, 2.45) is 0 Å². The first kappa shape index (κ1) is 9.79. The van der Waals surface area contributed by atoms with Crippen LogP contribution < -0.4 is 0 Å². The Hall–Kier alpha value is -0.410. The molecule has 0 spiro atoms. The highest BCUT2D eigenvalue weighted by Gasteiger charge is 2.46. The standard InChI is InChI=1S/C12H20N2O/c1-2-13-7-11(8-13)14-9-3-4-10(14)6-12(15)5-9/h9-11H,2-8H2,1H3. The Bertz CT molecular complexity index is 257. The molecule has 0 radical (unpaired) electrons. The van der Waals surface area contributed by atoms with Gasteiger partial charge in [-0.3, -0.25) is 9.69 Å². The molecule has 0 amide bonds. The predicted octanol–water partition coefficient (Wildman–Crippen LogP) is 0.886. The first-order valence-corrected chi connectivity index (χ1v) is 6.29. The van der Waals surface area contributed by atoms with Gasteiger partial charge in [-0.25, -0.2) is 0 Å². The van der Waals surface area contributed by atoms with Gasteiger partial charge < -0.3 is 4.90 Å². The minimum atomic E-state index is 0.505. The summed E-state index contributed by atoms with van der Waals surface area (Å²) >= 11 is 0. The number of piperidine rings is 1. The van der Waals surface area contributed by atoms with E-state index in [2.05, 4.69) is 16.7 Å². The highest BCUT2D eigenvalue weighted by atomic mass is 16.1. The number of rotatable bonds is 2. The monoisotopic (exact) mass is 208 g/mol. The number of hydrogen-bond acceptors (Lipinski definition) is 3. The zero-order chi connectivity index (χ0) is 10.4. The van der Waals surface area contributed by atoms with Crippen molar-refractivity contribution in [3.05, 3.63) is 0 Å². The number of likely N-dealkylation sites (tertiary alicyclic amines) is 1. The maximum Gasteiger partial charge on any atom is 0.136 e. The Balaban J connectivity index is 1.66. The van der Waals surface area contributed by atoms with E-state index in [0.717, 1.165) is 18.9 Å². The van der Waals surface area contributed by atoms with Crippen molar-refractivity contribution in [2.45, 2.75) is 50.7 Å². The van der Waals surface area contributed by atoms with Crippen LogP contribution in [-0.4, -0.2) is 53.3 Å². The second-order valence-corrected chi connectivity index (χ2v) is 5.29. The van der Waals surface area contributed by atoms with Crippen LogP contribution >= 0.6 is 0 Å². The van der Waals surface area contributed by atoms with E-state index in [1.54, 1.807) is 0 Å². The Morgan fingerprint density at radius 2 is 1.73 bits per heavy atom. The number of Topliss-reactive ketones (excluding diaryl/α,β-unsaturated/α-hetero) is 1. The Labute approximate surface area is 91.4 Å². The molecule has 0 aromatic rings. The van der Waals surface area contributed by atoms with Crippen LogP contribution in [0.5, 0.6) is 0 Å². The molecule has 2 unspecified atom stereocenters. The molecule has 0 aromatic heterocycles. The second kappa shape index (κ2) is 3.56. The third-order valence-corrected chi connectivity index (χ3v) is 4.41. The van der Waals surface area contributed by atoms with E-state index >= 15 is 0 Å². The Morgan fingerprint density at radius 3 is 2.27 bits per heavy atom. The molecule has 0 N–H and O–H groups in total. The second-order valence-electron chi connectivity index (χ2n) is 5.29. The first-order chi connectivity index (χ1) is 7.28. The quantitative estimate of drug-likeness (QED) is 0.673. The van der Waals surface area contributed by atoms with Crippen LogP contribution in [-0.2, 0) is 4.79 Å². The van der Waals surface area contributed by atoms with Gasteiger partial charge in [0.15, 0.2) is 0 Å². The van der Waals surface area contributed by atoms with E-state index in [0.29, 0.717) is 17.9 Å². The predicted molar refractivity (Wildman–Crippen MR) is 58.8 cm³/mol. The third-order valence-electron chi connectivity index (χ3n) is 4.41. The largest absolute Gasteiger partial charge is 0.300 e. The average Bonchev–Trinajstić information content (AvgIpc) is 2.41. The first-order valence-electron chi connectivity index (χ1n) is 6.29. The average molecular weight is 208 g/mol. The molecule has 3 saturated heterocycles. The molecule has 3 heteroatoms. The number of carbonyl (C=O) groups excluding carboxylic acids is 1. The SMILES string of the molecule is CCN1CC(N2C3CCC2CC(=O)C3)C1. The van der Waals surface area contributed by atoms with Crippen molar-refractivity contribution in [2.75, 3.05) is 19.6 Å². The summed E-state index contributed by atoms with van der Waals surface area (Å²) in [4.78, 5) is 16.6. The summed E-state index contributed by atoms with van der Waals surface area (Å²) in [6.45, 7) is 5.87. The van der Waals surface area contributed by atoms with Gasteiger partial charge in [-0.2, -0.15) is 0 Å². The van der Waals surface area contributed by atoms with Gasteiger partial charge in [0.05, 0.1) is 0 Å². The normalized spacial score (nSPS) is 38.3. The Morgan fingerprint density at radius 1 is 1.13 bits per heavy atom. The van der Waals surface area contributed by atoms with Gasteiger partial charge in [-0.1, -0.05) is 6.92 Å². The minimum Gasteiger partial charge on any atom is -0.300 e. The van der Waals surface area contributed by atoms with Crippen molar-refractivity contribution in [1.82, 2.24) is 9.80 Å². The van der Waals surface area contributed by atoms with Gasteiger partial charge in [0, 0.05) is 44.1 Å². The fourth-order valence-electron chi connectivity index (χ4n) is 3.59. The maximum atomic E-state index is 11.5. The molecule has 3 fully saturated rings. The van der Waals surface area contributed by atoms with E-state index in [1.165, 1.54) is 32.5 Å². The van der Waals surface area contributed by atoms with Crippen molar-refractivity contribution >= 4 is 5.78 Å². The number of hydrogen-bond donors (Lipinski definition) is 0. The molecule has 3 aliphatic rings. The fraction of sp³-hybridized carbons (Fsp3) is 0.917. The van der Waals surface area contributed by atoms with Gasteiger partial charge in [0.2, 0.25) is 0 Å². The number of fused-ring (bicyclic) bond motifs is 2. The smallest absolute Gasteiger partial charge is 0.136 e. The van der Waals surface area contributed by atoms with E-state index in [4.69, 9.17) is 0 Å². The molecule has 3 aliphatic heterocycles. The lowest BCUT2D eigenvalue weighted by atomic mass is 9.96. The number of carbonyl (C=O) groups is 1. The number of likely N-dealkylation sites (N-methyl/N-ethyl adjacent to an activating group) is 1. The van der Waals surface area contributed by atoms with Crippen molar-refractivity contribution in [1.29, 1.82) is 0 Å². The van der Waals surface area contributed by atoms with Gasteiger partial charge in [-0.05, 0) is 19.4 Å². The summed E-state index contributed by atoms with van der Waals surface area (Å²) in [5, 5.41) is 0. The molecular formula is C12H20N2O. The Kier molecular flexibility index (Phi) is 2.33. The fourth-order valence-corrected chi connectivity index (χ4v) is 3.59. The van der Waals surface area contributed by atoms with E-state index in [-0.39, 0.29) is 0 Å². The summed E-state index contributed by atoms with van der Waals surface area (Å²) in [6, 6.07) is 1.95. The van der Waals surface area contributed by atoms with Crippen LogP contribution in [0.4, 0.5) is 0 Å². The van der Waals surface area contributed by atoms with Crippen molar-refractivity contribution in [3.63, 3.8) is 0 Å². The van der Waals surface area contributed by atoms with Crippen LogP contribution in [0.3, 0.4) is 0 Å². The zero-order valence-electron chi connectivity index (χ0n) is 9.48. The van der Waals surface area contributed by atoms with E-state index in [1.807, 2.05) is 0 Å². The molecular weight excluding hydrogens is 188 g/mol. The molecule has 15 heavy (non-hydrogen) atoms. The van der Waals surface area contributed by atoms with E-state index in [9.17, 15) is 4.79 Å². The van der Waals surface area contributed by atoms with Crippen LogP contribution in [0, 0.1) is 0 Å². The molecule has 0 saturated carbocycles. The molecule has 3 nitrogen and oxygen atoms in total. The maximum absolute atomic E-state index is 11.5. The lowest BCUT2D eigenvalue weighted by Crippen LogP contribution is -2.63. The summed E-state index contributed by atoms with van der Waals surface area (Å²) in [7, 11) is 0. The number of ketones is 1. The molecule has 3 rings (SSSR count). The summed E-state index contributed by atoms with van der Waals surface area (Å²) < 4.78 is 0. The van der Waals surface area contributed by atoms with Gasteiger partial charge in [-0.15, -0.1) is 0 Å². The number of nitrogens with zero attached hydrogens (tertiary/aromatic N) is 2. The van der Waals surface area contributed by atoms with E-state index < -0.39 is 0 Å². The molecule has 2 bridgehead atoms. The summed E-state index contributed by atoms with van der Waals surface area (Å²) in [6.07, 6.45) is 4.19. The molecule has 0 aliphatic carbocycles. The highest BCUT2D eigenvalue weighted by Crippen LogP contribution is 2.37. The van der Waals surface area contributed by atoms with Gasteiger partial charge in [0.1, 0.15) is 5.78 Å². The lowest BCUT2D eigenvalue weighted by Gasteiger charge is -2.49. The topological polar surface area (TPSA) is 23.6 Å². The highest BCUT2D eigenvalue weighted by molar-refractivity contribution is 5.81. The van der Waals surface area contributed by atoms with Crippen LogP contribution in [0.1, 0.15) is 32.6 Å². The van der Waals surface area contributed by atoms with Crippen LogP contribution in [0.25, 0.3) is 0 Å². The van der Waals surface area contributed by atoms with Crippen LogP contribution in [0.15, 0.2) is 0 Å². The van der Waals surface area contributed by atoms with Gasteiger partial charge >= 0.3 is 0 Å². The van der Waals surface area contributed by atoms with Crippen LogP contribution in [0.2, 0.25) is 0 Å². The van der Waals surface area contributed by atoms with Crippen molar-refractivity contribution < 1.29 is 4.79 Å². The summed E-state index contributed by atoms with van der Waals surface area (Å²) in [5.41, 5.74) is 0. The molecule has 3 heterocycles. The third kappa shape index (κ3) is 1.53. The summed E-state index contributed by atoms with van der Waals surface area (Å²) in [5.74, 6) is 0.505. The zero-order valence-corrected chi connectivity index (χ0v) is 9.48. The molecule has 84 valence electrons. The molecule has 0 aromatic carbocycles. The van der Waals surface area contributed by atoms with Gasteiger partial charge in [0.25, 0.3) is 0 Å². The lowest BCUT2D eigenvalue weighted by molar-refractivity contribution is -0.126. The minimum absolute atomic E-state index is 0.505.